The summed E-state index contributed by atoms with van der Waals surface area (Å²) in [6.45, 7) is 4.54. The second kappa shape index (κ2) is 11.8. The number of unbranched alkanes of at least 4 members (excludes halogenated alkanes) is 1. The van der Waals surface area contributed by atoms with E-state index in [1.54, 1.807) is 7.11 Å². The molecule has 0 fully saturated rings. The lowest BCUT2D eigenvalue weighted by Gasteiger charge is -2.11. The second-order valence-electron chi connectivity index (χ2n) is 4.00. The summed E-state index contributed by atoms with van der Waals surface area (Å²) in [5, 5.41) is 2.81. The number of carbonyl (C=O) groups excluding carboxylic acids is 1. The lowest BCUT2D eigenvalue weighted by atomic mass is 10.1. The van der Waals surface area contributed by atoms with E-state index < -0.39 is 0 Å². The highest BCUT2D eigenvalue weighted by Gasteiger charge is 2.11. The van der Waals surface area contributed by atoms with Crippen molar-refractivity contribution in [2.24, 2.45) is 5.73 Å². The number of amides is 1. The first-order valence-corrected chi connectivity index (χ1v) is 6.32. The Hall–Kier alpha value is -0.650. The molecular formula is C12H26N2O3. The SMILES string of the molecule is CCCCC(N)C(=O)NCCCOCCOC. The lowest BCUT2D eigenvalue weighted by molar-refractivity contribution is -0.122. The van der Waals surface area contributed by atoms with Gasteiger partial charge in [0, 0.05) is 20.3 Å². The maximum Gasteiger partial charge on any atom is 0.236 e. The van der Waals surface area contributed by atoms with Crippen LogP contribution in [-0.4, -0.2) is 45.4 Å². The Morgan fingerprint density at radius 2 is 2.06 bits per heavy atom. The van der Waals surface area contributed by atoms with Crippen LogP contribution in [0.2, 0.25) is 0 Å². The van der Waals surface area contributed by atoms with Gasteiger partial charge >= 0.3 is 0 Å². The van der Waals surface area contributed by atoms with Gasteiger partial charge in [0.05, 0.1) is 19.3 Å². The molecule has 0 aromatic rings. The van der Waals surface area contributed by atoms with Gasteiger partial charge in [-0.3, -0.25) is 4.79 Å². The van der Waals surface area contributed by atoms with E-state index in [1.807, 2.05) is 0 Å². The third-order valence-corrected chi connectivity index (χ3v) is 2.40. The predicted molar refractivity (Wildman–Crippen MR) is 67.8 cm³/mol. The highest BCUT2D eigenvalue weighted by Crippen LogP contribution is 1.97. The number of carbonyl (C=O) groups is 1. The molecule has 0 aliphatic carbocycles. The molecule has 17 heavy (non-hydrogen) atoms. The van der Waals surface area contributed by atoms with Crippen molar-refractivity contribution < 1.29 is 14.3 Å². The van der Waals surface area contributed by atoms with Crippen LogP contribution in [0.5, 0.6) is 0 Å². The van der Waals surface area contributed by atoms with Crippen molar-refractivity contribution >= 4 is 5.91 Å². The molecule has 0 bridgehead atoms. The zero-order valence-corrected chi connectivity index (χ0v) is 11.0. The topological polar surface area (TPSA) is 73.6 Å². The van der Waals surface area contributed by atoms with Crippen LogP contribution in [0.3, 0.4) is 0 Å². The molecule has 1 amide bonds. The Bertz CT molecular complexity index is 189. The molecule has 3 N–H and O–H groups in total. The number of rotatable bonds is 11. The van der Waals surface area contributed by atoms with Gasteiger partial charge in [-0.25, -0.2) is 0 Å². The first-order valence-electron chi connectivity index (χ1n) is 6.32. The van der Waals surface area contributed by atoms with Crippen LogP contribution in [0.25, 0.3) is 0 Å². The quantitative estimate of drug-likeness (QED) is 0.526. The molecule has 0 aromatic heterocycles. The van der Waals surface area contributed by atoms with Gasteiger partial charge in [-0.15, -0.1) is 0 Å². The average Bonchev–Trinajstić information content (AvgIpc) is 2.34. The Kier molecular flexibility index (Phi) is 11.4. The largest absolute Gasteiger partial charge is 0.382 e. The van der Waals surface area contributed by atoms with Gasteiger partial charge < -0.3 is 20.5 Å². The van der Waals surface area contributed by atoms with Crippen molar-refractivity contribution in [2.75, 3.05) is 33.5 Å². The molecule has 0 heterocycles. The molecule has 0 aromatic carbocycles. The minimum atomic E-state index is -0.371. The van der Waals surface area contributed by atoms with E-state index in [-0.39, 0.29) is 11.9 Å². The van der Waals surface area contributed by atoms with Crippen LogP contribution in [-0.2, 0) is 14.3 Å². The molecule has 0 spiro atoms. The van der Waals surface area contributed by atoms with Crippen molar-refractivity contribution in [2.45, 2.75) is 38.6 Å². The molecule has 1 unspecified atom stereocenters. The second-order valence-corrected chi connectivity index (χ2v) is 4.00. The molecule has 0 radical (unpaired) electrons. The highest BCUT2D eigenvalue weighted by atomic mass is 16.5. The highest BCUT2D eigenvalue weighted by molar-refractivity contribution is 5.81. The van der Waals surface area contributed by atoms with E-state index in [2.05, 4.69) is 12.2 Å². The Morgan fingerprint density at radius 1 is 1.29 bits per heavy atom. The van der Waals surface area contributed by atoms with Crippen LogP contribution in [0.1, 0.15) is 32.6 Å². The zero-order chi connectivity index (χ0) is 12.9. The number of nitrogens with one attached hydrogen (secondary N) is 1. The van der Waals surface area contributed by atoms with Crippen molar-refractivity contribution in [3.8, 4) is 0 Å². The maximum absolute atomic E-state index is 11.5. The molecule has 5 nitrogen and oxygen atoms in total. The van der Waals surface area contributed by atoms with Crippen molar-refractivity contribution in [3.63, 3.8) is 0 Å². The van der Waals surface area contributed by atoms with Gasteiger partial charge in [-0.2, -0.15) is 0 Å². The first-order chi connectivity index (χ1) is 8.22. The van der Waals surface area contributed by atoms with Crippen molar-refractivity contribution in [3.05, 3.63) is 0 Å². The minimum absolute atomic E-state index is 0.0599. The molecule has 0 saturated carbocycles. The van der Waals surface area contributed by atoms with Crippen LogP contribution in [0.4, 0.5) is 0 Å². The number of nitrogens with two attached hydrogens (primary N) is 1. The van der Waals surface area contributed by atoms with Crippen LogP contribution in [0.15, 0.2) is 0 Å². The summed E-state index contributed by atoms with van der Waals surface area (Å²) in [7, 11) is 1.64. The molecule has 0 aliphatic rings. The third kappa shape index (κ3) is 10.2. The fraction of sp³-hybridized carbons (Fsp3) is 0.917. The van der Waals surface area contributed by atoms with Gasteiger partial charge in [-0.05, 0) is 12.8 Å². The smallest absolute Gasteiger partial charge is 0.236 e. The maximum atomic E-state index is 11.5. The first kappa shape index (κ1) is 16.4. The monoisotopic (exact) mass is 246 g/mol. The summed E-state index contributed by atoms with van der Waals surface area (Å²) in [6.07, 6.45) is 3.62. The molecular weight excluding hydrogens is 220 g/mol. The molecule has 5 heteroatoms. The van der Waals surface area contributed by atoms with Crippen LogP contribution in [0, 0.1) is 0 Å². The molecule has 102 valence electrons. The van der Waals surface area contributed by atoms with Gasteiger partial charge in [-0.1, -0.05) is 19.8 Å². The summed E-state index contributed by atoms with van der Waals surface area (Å²) >= 11 is 0. The number of hydrogen-bond donors (Lipinski definition) is 2. The summed E-state index contributed by atoms with van der Waals surface area (Å²) in [5.41, 5.74) is 5.72. The summed E-state index contributed by atoms with van der Waals surface area (Å²) < 4.78 is 10.1. The molecule has 0 aliphatic heterocycles. The van der Waals surface area contributed by atoms with E-state index in [9.17, 15) is 4.79 Å². The van der Waals surface area contributed by atoms with E-state index in [0.717, 1.165) is 25.7 Å². The van der Waals surface area contributed by atoms with E-state index in [0.29, 0.717) is 26.4 Å². The van der Waals surface area contributed by atoms with E-state index in [4.69, 9.17) is 15.2 Å². The summed E-state index contributed by atoms with van der Waals surface area (Å²) in [5.74, 6) is -0.0599. The van der Waals surface area contributed by atoms with Gasteiger partial charge in [0.25, 0.3) is 0 Å². The van der Waals surface area contributed by atoms with E-state index in [1.165, 1.54) is 0 Å². The Morgan fingerprint density at radius 3 is 2.71 bits per heavy atom. The van der Waals surface area contributed by atoms with Gasteiger partial charge in [0.2, 0.25) is 5.91 Å². The zero-order valence-electron chi connectivity index (χ0n) is 11.0. The predicted octanol–water partition coefficient (Wildman–Crippen LogP) is 0.673. The number of hydrogen-bond acceptors (Lipinski definition) is 4. The van der Waals surface area contributed by atoms with Gasteiger partial charge in [0.15, 0.2) is 0 Å². The third-order valence-electron chi connectivity index (χ3n) is 2.40. The number of ether oxygens (including phenoxy) is 2. The minimum Gasteiger partial charge on any atom is -0.382 e. The van der Waals surface area contributed by atoms with Crippen molar-refractivity contribution in [1.29, 1.82) is 0 Å². The molecule has 0 saturated heterocycles. The van der Waals surface area contributed by atoms with Crippen molar-refractivity contribution in [1.82, 2.24) is 5.32 Å². The molecule has 1 atom stereocenters. The fourth-order valence-corrected chi connectivity index (χ4v) is 1.32. The fourth-order valence-electron chi connectivity index (χ4n) is 1.32. The lowest BCUT2D eigenvalue weighted by Crippen LogP contribution is -2.41. The number of methoxy groups -OCH3 is 1. The van der Waals surface area contributed by atoms with Crippen LogP contribution < -0.4 is 11.1 Å². The van der Waals surface area contributed by atoms with Crippen LogP contribution >= 0.6 is 0 Å². The molecule has 0 rings (SSSR count). The standard InChI is InChI=1S/C12H26N2O3/c1-3-4-6-11(13)12(15)14-7-5-8-17-10-9-16-2/h11H,3-10,13H2,1-2H3,(H,14,15). The summed E-state index contributed by atoms with van der Waals surface area (Å²) in [4.78, 5) is 11.5. The van der Waals surface area contributed by atoms with E-state index >= 15 is 0 Å². The Labute approximate surface area is 104 Å². The normalized spacial score (nSPS) is 12.4. The van der Waals surface area contributed by atoms with Gasteiger partial charge in [0.1, 0.15) is 0 Å². The summed E-state index contributed by atoms with van der Waals surface area (Å²) in [6, 6.07) is -0.371. The Balaban J connectivity index is 3.32. The average molecular weight is 246 g/mol.